The third kappa shape index (κ3) is 11.6. The lowest BCUT2D eigenvalue weighted by molar-refractivity contribution is -0.655. The summed E-state index contributed by atoms with van der Waals surface area (Å²) in [5, 5.41) is 2.62. The molecule has 4 aliphatic rings. The van der Waals surface area contributed by atoms with Gasteiger partial charge in [-0.3, -0.25) is 0 Å². The van der Waals surface area contributed by atoms with Crippen molar-refractivity contribution < 1.29 is 36.7 Å². The summed E-state index contributed by atoms with van der Waals surface area (Å²) >= 11 is 0. The average Bonchev–Trinajstić information content (AvgIpc) is 3.49. The summed E-state index contributed by atoms with van der Waals surface area (Å²) in [5.41, 5.74) is 13.0. The molecule has 300 valence electrons. The minimum Gasteiger partial charge on any atom is -0.378 e. The molecule has 0 spiro atoms. The van der Waals surface area contributed by atoms with Gasteiger partial charge in [0.05, 0.1) is 70.9 Å². The highest BCUT2D eigenvalue weighted by molar-refractivity contribution is 5.15. The molecule has 4 fully saturated rings. The fourth-order valence-electron chi connectivity index (χ4n) is 12.2. The van der Waals surface area contributed by atoms with Gasteiger partial charge in [0.25, 0.3) is 0 Å². The Kier molecular flexibility index (Phi) is 19.5. The van der Waals surface area contributed by atoms with Crippen LogP contribution in [0.4, 0.5) is 0 Å². The van der Waals surface area contributed by atoms with Crippen molar-refractivity contribution >= 4 is 0 Å². The molecule has 0 aliphatic heterocycles. The Morgan fingerprint density at radius 3 is 1.98 bits per heavy atom. The number of quaternary nitrogens is 4. The fourth-order valence-corrected chi connectivity index (χ4v) is 12.2. The Bertz CT molecular complexity index is 925. The molecule has 0 heterocycles. The Morgan fingerprint density at radius 2 is 1.29 bits per heavy atom. The molecule has 4 saturated carbocycles. The summed E-state index contributed by atoms with van der Waals surface area (Å²) < 4.78 is 20.6. The molecule has 11 N–H and O–H groups in total. The summed E-state index contributed by atoms with van der Waals surface area (Å²) in [6.07, 6.45) is 28.7. The number of fused-ring (bicyclic) bond motifs is 5. The number of rotatable bonds is 27. The molecule has 0 aromatic carbocycles. The molecule has 0 unspecified atom stereocenters. The van der Waals surface area contributed by atoms with Crippen LogP contribution in [0.1, 0.15) is 163 Å². The van der Waals surface area contributed by atoms with Crippen LogP contribution in [-0.4, -0.2) is 70.9 Å². The molecule has 0 bridgehead atoms. The van der Waals surface area contributed by atoms with Crippen molar-refractivity contribution in [1.82, 2.24) is 0 Å². The molecule has 7 nitrogen and oxygen atoms in total. The smallest absolute Gasteiger partial charge is 0.0762 e. The minimum absolute atomic E-state index is 0.230. The van der Waals surface area contributed by atoms with E-state index in [9.17, 15) is 0 Å². The van der Waals surface area contributed by atoms with Gasteiger partial charge < -0.3 is 36.7 Å². The SMILES string of the molecule is CCCCCCCCCCC[NH2+]CCC[C@@H](C)[C@H]1CC[C@H]2[C@@H]3[C@H](OCCC[NH3+])C[C@@H]4C[C@H](OCCC[NH3+])CC[C@]4(C)[C@H]3C[C@H](OCCC[NH3+])[C@]12C. The molecule has 51 heavy (non-hydrogen) atoms. The lowest BCUT2D eigenvalue weighted by Crippen LogP contribution is -2.84. The lowest BCUT2D eigenvalue weighted by atomic mass is 9.43. The molecule has 0 radical (unpaired) electrons. The number of hydrogen-bond acceptors (Lipinski definition) is 3. The Balaban J connectivity index is 1.38. The highest BCUT2D eigenvalue weighted by atomic mass is 16.5. The lowest BCUT2D eigenvalue weighted by Gasteiger charge is -2.65. The predicted molar refractivity (Wildman–Crippen MR) is 210 cm³/mol. The first-order chi connectivity index (χ1) is 24.8. The number of nitrogens with two attached hydrogens (primary N) is 1. The minimum atomic E-state index is 0.230. The first kappa shape index (κ1) is 43.4. The van der Waals surface area contributed by atoms with Gasteiger partial charge >= 0.3 is 0 Å². The topological polar surface area (TPSA) is 127 Å². The monoisotopic (exact) mass is 723 g/mol. The number of unbranched alkanes of at least 4 members (excludes halogenated alkanes) is 8. The zero-order valence-corrected chi connectivity index (χ0v) is 34.6. The molecule has 0 amide bonds. The van der Waals surface area contributed by atoms with Crippen molar-refractivity contribution in [3.05, 3.63) is 0 Å². The molecule has 11 atom stereocenters. The third-order valence-corrected chi connectivity index (χ3v) is 15.2. The van der Waals surface area contributed by atoms with Gasteiger partial charge in [-0.05, 0) is 112 Å². The van der Waals surface area contributed by atoms with Gasteiger partial charge in [-0.2, -0.15) is 0 Å². The molecule has 7 heteroatoms. The second-order valence-electron chi connectivity index (χ2n) is 18.5. The number of ether oxygens (including phenoxy) is 3. The van der Waals surface area contributed by atoms with Crippen molar-refractivity contribution in [3.63, 3.8) is 0 Å². The highest BCUT2D eigenvalue weighted by Crippen LogP contribution is 2.69. The van der Waals surface area contributed by atoms with Crippen molar-refractivity contribution in [1.29, 1.82) is 0 Å². The molecular formula is C44H90N4O3+4. The second kappa shape index (κ2) is 22.9. The van der Waals surface area contributed by atoms with Crippen molar-refractivity contribution in [2.45, 2.75) is 181 Å². The van der Waals surface area contributed by atoms with E-state index in [4.69, 9.17) is 14.2 Å². The predicted octanol–water partition coefficient (Wildman–Crippen LogP) is 5.43. The van der Waals surface area contributed by atoms with Crippen LogP contribution in [0.2, 0.25) is 0 Å². The molecule has 0 aromatic heterocycles. The quantitative estimate of drug-likeness (QED) is 0.0846. The molecule has 0 saturated heterocycles. The normalized spacial score (nSPS) is 35.4. The summed E-state index contributed by atoms with van der Waals surface area (Å²) in [7, 11) is 0. The molecule has 4 aliphatic carbocycles. The van der Waals surface area contributed by atoms with E-state index < -0.39 is 0 Å². The summed E-state index contributed by atoms with van der Waals surface area (Å²) in [6, 6.07) is 0. The van der Waals surface area contributed by atoms with Crippen molar-refractivity contribution in [3.8, 4) is 0 Å². The largest absolute Gasteiger partial charge is 0.378 e. The van der Waals surface area contributed by atoms with Gasteiger partial charge in [-0.1, -0.05) is 72.6 Å². The zero-order valence-electron chi connectivity index (χ0n) is 34.6. The van der Waals surface area contributed by atoms with E-state index in [1.807, 2.05) is 0 Å². The van der Waals surface area contributed by atoms with E-state index >= 15 is 0 Å². The summed E-state index contributed by atoms with van der Waals surface area (Å²) in [5.74, 6) is 4.19. The van der Waals surface area contributed by atoms with Crippen LogP contribution in [0.15, 0.2) is 0 Å². The van der Waals surface area contributed by atoms with E-state index in [1.54, 1.807) is 0 Å². The Labute approximate surface area is 315 Å². The maximum absolute atomic E-state index is 7.11. The first-order valence-corrected chi connectivity index (χ1v) is 22.9. The Morgan fingerprint density at radius 1 is 0.667 bits per heavy atom. The van der Waals surface area contributed by atoms with E-state index in [-0.39, 0.29) is 5.41 Å². The van der Waals surface area contributed by atoms with Crippen LogP contribution < -0.4 is 22.5 Å². The molecule has 4 rings (SSSR count). The van der Waals surface area contributed by atoms with Crippen molar-refractivity contribution in [2.24, 2.45) is 46.3 Å². The van der Waals surface area contributed by atoms with Gasteiger partial charge in [0.2, 0.25) is 0 Å². The second-order valence-corrected chi connectivity index (χ2v) is 18.5. The van der Waals surface area contributed by atoms with Crippen LogP contribution in [0.25, 0.3) is 0 Å². The standard InChI is InChI=1S/C44H86N4O3/c1-5-6-7-8-9-10-11-12-13-26-48-27-14-18-34(2)37-19-20-38-42-39(33-41(44(37,38)4)51-30-17-25-47)43(3)22-21-36(49-28-15-23-45)31-35(43)32-40(42)50-29-16-24-46/h34-42,48H,5-33,45-47H2,1-4H3/p+4/t34-,35+,36-,37-,38+,39+,40-,41+,42+,43+,44-/m1/s1. The Hall–Kier alpha value is -0.280. The van der Waals surface area contributed by atoms with Crippen LogP contribution in [0.3, 0.4) is 0 Å². The van der Waals surface area contributed by atoms with E-state index in [1.165, 1.54) is 129 Å². The van der Waals surface area contributed by atoms with Gasteiger partial charge in [0.1, 0.15) is 0 Å². The van der Waals surface area contributed by atoms with Gasteiger partial charge in [-0.15, -0.1) is 0 Å². The van der Waals surface area contributed by atoms with Crippen LogP contribution in [-0.2, 0) is 14.2 Å². The highest BCUT2D eigenvalue weighted by Gasteiger charge is 2.66. The van der Waals surface area contributed by atoms with Crippen molar-refractivity contribution in [2.75, 3.05) is 52.5 Å². The van der Waals surface area contributed by atoms with Gasteiger partial charge in [0, 0.05) is 24.7 Å². The van der Waals surface area contributed by atoms with Gasteiger partial charge in [0.15, 0.2) is 0 Å². The van der Waals surface area contributed by atoms with E-state index in [0.717, 1.165) is 70.6 Å². The molecule has 0 aromatic rings. The summed E-state index contributed by atoms with van der Waals surface area (Å²) in [4.78, 5) is 0. The van der Waals surface area contributed by atoms with Crippen LogP contribution in [0, 0.1) is 46.3 Å². The van der Waals surface area contributed by atoms with E-state index in [2.05, 4.69) is 50.2 Å². The third-order valence-electron chi connectivity index (χ3n) is 15.2. The van der Waals surface area contributed by atoms with Crippen LogP contribution >= 0.6 is 0 Å². The first-order valence-electron chi connectivity index (χ1n) is 22.9. The average molecular weight is 723 g/mol. The molecular weight excluding hydrogens is 633 g/mol. The maximum Gasteiger partial charge on any atom is 0.0762 e. The zero-order chi connectivity index (χ0) is 36.5. The van der Waals surface area contributed by atoms with E-state index in [0.29, 0.717) is 47.4 Å². The van der Waals surface area contributed by atoms with Crippen LogP contribution in [0.5, 0.6) is 0 Å². The summed E-state index contributed by atoms with van der Waals surface area (Å²) in [6.45, 7) is 18.4. The number of hydrogen-bond donors (Lipinski definition) is 4. The maximum atomic E-state index is 7.11. The van der Waals surface area contributed by atoms with Gasteiger partial charge in [-0.25, -0.2) is 0 Å². The fraction of sp³-hybridized carbons (Fsp3) is 1.00.